The van der Waals surface area contributed by atoms with Gasteiger partial charge in [0.25, 0.3) is 0 Å². The van der Waals surface area contributed by atoms with Crippen molar-refractivity contribution in [2.24, 2.45) is 0 Å². The van der Waals surface area contributed by atoms with E-state index in [2.05, 4.69) is 48.0 Å². The SMILES string of the molecule is CCN(c1ccc(C)cc1)c1ccc(CCl)cn1. The first-order chi connectivity index (χ1) is 8.74. The van der Waals surface area contributed by atoms with Gasteiger partial charge in [-0.05, 0) is 37.6 Å². The number of aromatic nitrogens is 1. The molecular weight excluding hydrogens is 244 g/mol. The van der Waals surface area contributed by atoms with Gasteiger partial charge in [-0.15, -0.1) is 11.6 Å². The Kier molecular flexibility index (Phi) is 4.21. The molecule has 2 nitrogen and oxygen atoms in total. The van der Waals surface area contributed by atoms with Crippen LogP contribution in [0.2, 0.25) is 0 Å². The lowest BCUT2D eigenvalue weighted by atomic mass is 10.2. The fourth-order valence-corrected chi connectivity index (χ4v) is 2.02. The summed E-state index contributed by atoms with van der Waals surface area (Å²) in [5, 5.41) is 0. The molecule has 1 aromatic carbocycles. The number of aryl methyl sites for hydroxylation is 1. The van der Waals surface area contributed by atoms with Crippen LogP contribution in [0.25, 0.3) is 0 Å². The topological polar surface area (TPSA) is 16.1 Å². The molecule has 0 saturated heterocycles. The van der Waals surface area contributed by atoms with Crippen molar-refractivity contribution in [2.75, 3.05) is 11.4 Å². The minimum atomic E-state index is 0.504. The zero-order valence-corrected chi connectivity index (χ0v) is 11.5. The van der Waals surface area contributed by atoms with Gasteiger partial charge in [0.05, 0.1) is 0 Å². The lowest BCUT2D eigenvalue weighted by molar-refractivity contribution is 0.985. The van der Waals surface area contributed by atoms with Crippen molar-refractivity contribution in [3.8, 4) is 0 Å². The number of rotatable bonds is 4. The van der Waals surface area contributed by atoms with E-state index in [4.69, 9.17) is 11.6 Å². The first-order valence-electron chi connectivity index (χ1n) is 6.09. The van der Waals surface area contributed by atoms with E-state index >= 15 is 0 Å². The molecule has 2 aromatic rings. The van der Waals surface area contributed by atoms with Crippen LogP contribution in [0.4, 0.5) is 11.5 Å². The van der Waals surface area contributed by atoms with E-state index in [-0.39, 0.29) is 0 Å². The number of pyridine rings is 1. The summed E-state index contributed by atoms with van der Waals surface area (Å²) >= 11 is 5.77. The fraction of sp³-hybridized carbons (Fsp3) is 0.267. The predicted octanol–water partition coefficient (Wildman–Crippen LogP) is 4.29. The average molecular weight is 261 g/mol. The lowest BCUT2D eigenvalue weighted by Crippen LogP contribution is -2.17. The molecule has 18 heavy (non-hydrogen) atoms. The second kappa shape index (κ2) is 5.87. The molecule has 0 amide bonds. The highest BCUT2D eigenvalue weighted by molar-refractivity contribution is 6.17. The molecule has 1 aromatic heterocycles. The van der Waals surface area contributed by atoms with Crippen LogP contribution >= 0.6 is 11.6 Å². The second-order valence-corrected chi connectivity index (χ2v) is 4.51. The van der Waals surface area contributed by atoms with Crippen LogP contribution in [0, 0.1) is 6.92 Å². The first-order valence-corrected chi connectivity index (χ1v) is 6.63. The van der Waals surface area contributed by atoms with Crippen LogP contribution in [0.3, 0.4) is 0 Å². The molecule has 0 aliphatic heterocycles. The molecule has 3 heteroatoms. The highest BCUT2D eigenvalue weighted by Gasteiger charge is 2.07. The summed E-state index contributed by atoms with van der Waals surface area (Å²) in [5.74, 6) is 1.46. The monoisotopic (exact) mass is 260 g/mol. The van der Waals surface area contributed by atoms with E-state index in [1.807, 2.05) is 18.3 Å². The van der Waals surface area contributed by atoms with Gasteiger partial charge in [0.15, 0.2) is 0 Å². The van der Waals surface area contributed by atoms with E-state index < -0.39 is 0 Å². The van der Waals surface area contributed by atoms with Gasteiger partial charge in [-0.3, -0.25) is 0 Å². The van der Waals surface area contributed by atoms with E-state index in [0.717, 1.165) is 23.6 Å². The highest BCUT2D eigenvalue weighted by Crippen LogP contribution is 2.23. The Morgan fingerprint density at radius 1 is 1.11 bits per heavy atom. The van der Waals surface area contributed by atoms with Crippen molar-refractivity contribution in [1.29, 1.82) is 0 Å². The number of halogens is 1. The molecule has 1 heterocycles. The Morgan fingerprint density at radius 2 is 1.83 bits per heavy atom. The molecule has 94 valence electrons. The molecular formula is C15H17ClN2. The number of nitrogens with zero attached hydrogens (tertiary/aromatic N) is 2. The smallest absolute Gasteiger partial charge is 0.132 e. The molecule has 0 fully saturated rings. The van der Waals surface area contributed by atoms with Crippen molar-refractivity contribution in [3.63, 3.8) is 0 Å². The molecule has 0 aliphatic carbocycles. The zero-order valence-electron chi connectivity index (χ0n) is 10.7. The molecule has 0 bridgehead atoms. The third kappa shape index (κ3) is 2.82. The van der Waals surface area contributed by atoms with Gasteiger partial charge in [-0.1, -0.05) is 23.8 Å². The minimum absolute atomic E-state index is 0.504. The van der Waals surface area contributed by atoms with Crippen molar-refractivity contribution < 1.29 is 0 Å². The van der Waals surface area contributed by atoms with Crippen molar-refractivity contribution in [3.05, 3.63) is 53.7 Å². The highest BCUT2D eigenvalue weighted by atomic mass is 35.5. The second-order valence-electron chi connectivity index (χ2n) is 4.24. The predicted molar refractivity (Wildman–Crippen MR) is 77.7 cm³/mol. The Morgan fingerprint density at radius 3 is 2.33 bits per heavy atom. The minimum Gasteiger partial charge on any atom is -0.327 e. The summed E-state index contributed by atoms with van der Waals surface area (Å²) in [7, 11) is 0. The maximum absolute atomic E-state index is 5.77. The number of hydrogen-bond acceptors (Lipinski definition) is 2. The van der Waals surface area contributed by atoms with Crippen LogP contribution in [0.5, 0.6) is 0 Å². The van der Waals surface area contributed by atoms with Crippen molar-refractivity contribution in [2.45, 2.75) is 19.7 Å². The van der Waals surface area contributed by atoms with Gasteiger partial charge in [0.2, 0.25) is 0 Å². The molecule has 2 rings (SSSR count). The van der Waals surface area contributed by atoms with E-state index in [1.165, 1.54) is 5.56 Å². The number of benzene rings is 1. The van der Waals surface area contributed by atoms with E-state index in [1.54, 1.807) is 0 Å². The Bertz CT molecular complexity index is 491. The van der Waals surface area contributed by atoms with Gasteiger partial charge >= 0.3 is 0 Å². The maximum Gasteiger partial charge on any atom is 0.132 e. The number of hydrogen-bond donors (Lipinski definition) is 0. The van der Waals surface area contributed by atoms with Crippen molar-refractivity contribution in [1.82, 2.24) is 4.98 Å². The van der Waals surface area contributed by atoms with Gasteiger partial charge < -0.3 is 4.90 Å². The van der Waals surface area contributed by atoms with E-state index in [9.17, 15) is 0 Å². The molecule has 0 radical (unpaired) electrons. The zero-order chi connectivity index (χ0) is 13.0. The summed E-state index contributed by atoms with van der Waals surface area (Å²) in [4.78, 5) is 6.64. The first kappa shape index (κ1) is 12.9. The largest absolute Gasteiger partial charge is 0.327 e. The molecule has 0 aliphatic rings. The molecule has 0 atom stereocenters. The van der Waals surface area contributed by atoms with Crippen LogP contribution in [0.15, 0.2) is 42.6 Å². The fourth-order valence-electron chi connectivity index (χ4n) is 1.86. The summed E-state index contributed by atoms with van der Waals surface area (Å²) in [5.41, 5.74) is 3.47. The van der Waals surface area contributed by atoms with Crippen LogP contribution in [-0.4, -0.2) is 11.5 Å². The third-order valence-corrected chi connectivity index (χ3v) is 3.21. The van der Waals surface area contributed by atoms with E-state index in [0.29, 0.717) is 5.88 Å². The number of anilines is 2. The van der Waals surface area contributed by atoms with Gasteiger partial charge in [0, 0.05) is 24.3 Å². The molecule has 0 unspecified atom stereocenters. The molecule has 0 N–H and O–H groups in total. The van der Waals surface area contributed by atoms with Crippen molar-refractivity contribution >= 4 is 23.1 Å². The summed E-state index contributed by atoms with van der Waals surface area (Å²) < 4.78 is 0. The van der Waals surface area contributed by atoms with Gasteiger partial charge in [-0.2, -0.15) is 0 Å². The number of alkyl halides is 1. The quantitative estimate of drug-likeness (QED) is 0.763. The lowest BCUT2D eigenvalue weighted by Gasteiger charge is -2.22. The summed E-state index contributed by atoms with van der Waals surface area (Å²) in [6.07, 6.45) is 1.83. The summed E-state index contributed by atoms with van der Waals surface area (Å²) in [6.45, 7) is 5.10. The third-order valence-electron chi connectivity index (χ3n) is 2.90. The molecule has 0 saturated carbocycles. The normalized spacial score (nSPS) is 10.4. The van der Waals surface area contributed by atoms with Crippen LogP contribution in [0.1, 0.15) is 18.1 Å². The molecule has 0 spiro atoms. The van der Waals surface area contributed by atoms with Crippen LogP contribution in [-0.2, 0) is 5.88 Å². The average Bonchev–Trinajstić information content (AvgIpc) is 2.42. The van der Waals surface area contributed by atoms with Gasteiger partial charge in [-0.25, -0.2) is 4.98 Å². The maximum atomic E-state index is 5.77. The standard InChI is InChI=1S/C15H17ClN2/c1-3-18(14-7-4-12(2)5-8-14)15-9-6-13(10-16)11-17-15/h4-9,11H,3,10H2,1-2H3. The Balaban J connectivity index is 2.29. The Labute approximate surface area is 113 Å². The summed E-state index contributed by atoms with van der Waals surface area (Å²) in [6, 6.07) is 12.5. The van der Waals surface area contributed by atoms with Crippen LogP contribution < -0.4 is 4.90 Å². The van der Waals surface area contributed by atoms with Gasteiger partial charge in [0.1, 0.15) is 5.82 Å². The Hall–Kier alpha value is -1.54.